The van der Waals surface area contributed by atoms with E-state index in [0.29, 0.717) is 56.7 Å². The maximum atomic E-state index is 13.2. The fourth-order valence-electron chi connectivity index (χ4n) is 13.5. The summed E-state index contributed by atoms with van der Waals surface area (Å²) in [6.07, 6.45) is 4.36. The number of sulfonamides is 4. The number of anilines is 4. The van der Waals surface area contributed by atoms with E-state index in [0.717, 1.165) is 106 Å². The van der Waals surface area contributed by atoms with Gasteiger partial charge in [-0.05, 0) is 131 Å². The lowest BCUT2D eigenvalue weighted by Gasteiger charge is -2.20. The average Bonchev–Trinajstić information content (AvgIpc) is 1.64. The van der Waals surface area contributed by atoms with E-state index in [4.69, 9.17) is 24.9 Å². The van der Waals surface area contributed by atoms with Crippen LogP contribution in [0.1, 0.15) is 149 Å². The zero-order valence-corrected chi connectivity index (χ0v) is 68.1. The van der Waals surface area contributed by atoms with Gasteiger partial charge in [-0.15, -0.1) is 0 Å². The Hall–Kier alpha value is -8.45. The summed E-state index contributed by atoms with van der Waals surface area (Å²) in [6, 6.07) is 52.0. The second-order valence-electron chi connectivity index (χ2n) is 26.2. The largest absolute Gasteiger partial charge is 1.00 e. The minimum atomic E-state index is -3.67. The van der Waals surface area contributed by atoms with Crippen molar-refractivity contribution in [3.63, 3.8) is 0 Å². The molecule has 0 saturated heterocycles. The Labute approximate surface area is 663 Å². The minimum Gasteiger partial charge on any atom is -1.00 e. The average molecular weight is 1660 g/mol. The Balaban J connectivity index is 0.000000300. The van der Waals surface area contributed by atoms with Gasteiger partial charge in [0.1, 0.15) is 24.2 Å². The molecular formula is C77H94Cl4N8O16S4. The highest BCUT2D eigenvalue weighted by Gasteiger charge is 2.41. The Kier molecular flexibility index (Phi) is 35.0. The van der Waals surface area contributed by atoms with Crippen molar-refractivity contribution >= 4 is 86.9 Å². The van der Waals surface area contributed by atoms with Crippen LogP contribution in [0.5, 0.6) is 0 Å². The molecule has 4 aliphatic heterocycles. The number of carboxylic acid groups (broad SMARTS) is 3. The van der Waals surface area contributed by atoms with E-state index in [1.165, 1.54) is 17.2 Å². The maximum Gasteiger partial charge on any atom is 0.373 e. The summed E-state index contributed by atoms with van der Waals surface area (Å²) in [5.74, 6) is -2.45. The van der Waals surface area contributed by atoms with E-state index in [1.54, 1.807) is 64.6 Å². The topological polar surface area (TPSA) is 362 Å². The van der Waals surface area contributed by atoms with Crippen molar-refractivity contribution in [2.24, 2.45) is 0 Å². The van der Waals surface area contributed by atoms with Gasteiger partial charge < -0.3 is 86.2 Å². The molecule has 590 valence electrons. The second kappa shape index (κ2) is 41.0. The quantitative estimate of drug-likeness (QED) is 0.0373. The highest BCUT2D eigenvalue weighted by atomic mass is 35.5. The van der Waals surface area contributed by atoms with Crippen molar-refractivity contribution in [3.05, 3.63) is 237 Å². The molecule has 109 heavy (non-hydrogen) atoms. The standard InChI is InChI=1S/2C20H24N2O4S.C18H20N2O4S.C18H22N2O2S.CO2.4ClH/c2*1-14-10-11-16-18(13-14)27(25,26)22(2)17-8-4-3-7-15(17)20(16)21-12-6-5-9-19(23)24;1-12-7-8-14-16(11-12)25(23,24)20(2)15-6-4-3-5-13(15)18(14)19-10-9-17(21)22;1-4-11-19-18-14-7-5-6-8-16(14)20(3)23(21,22)17-12-13(2)9-10-15(17)18;2-1-3;;;;/h2*3-4,7-8,10-11,13,20-21H,5-6,9,12H2,1-2H3,(H,23,24);3-8,11,18-19H,9-10H2,1-2H3,(H,21,22);5-10,12,18-19H,4,11H2,1-3H3;;4*1H. The summed E-state index contributed by atoms with van der Waals surface area (Å²) >= 11 is 0. The van der Waals surface area contributed by atoms with E-state index in [9.17, 15) is 48.1 Å². The van der Waals surface area contributed by atoms with E-state index in [1.807, 2.05) is 166 Å². The molecule has 0 radical (unpaired) electrons. The first kappa shape index (κ1) is 92.9. The van der Waals surface area contributed by atoms with Crippen LogP contribution in [-0.2, 0) is 64.1 Å². The molecule has 4 atom stereocenters. The fraction of sp³-hybridized carbons (Fsp3) is 0.325. The number of carbonyl (C=O) groups excluding carboxylic acids is 2. The van der Waals surface area contributed by atoms with Gasteiger partial charge in [-0.2, -0.15) is 9.59 Å². The van der Waals surface area contributed by atoms with E-state index >= 15 is 0 Å². The number of unbranched alkanes of at least 4 members (excludes halogenated alkanes) is 2. The zero-order chi connectivity index (χ0) is 76.7. The third-order valence-electron chi connectivity index (χ3n) is 19.0. The van der Waals surface area contributed by atoms with Gasteiger partial charge in [0, 0.05) is 85.5 Å². The third-order valence-corrected chi connectivity index (χ3v) is 26.3. The normalized spacial score (nSPS) is 17.0. The predicted octanol–water partition coefficient (Wildman–Crippen LogP) is -5.03. The summed E-state index contributed by atoms with van der Waals surface area (Å²) < 4.78 is 110. The number of carbonyl (C=O) groups is 3. The summed E-state index contributed by atoms with van der Waals surface area (Å²) in [4.78, 5) is 49.9. The van der Waals surface area contributed by atoms with Crippen LogP contribution in [0.25, 0.3) is 0 Å². The molecular weight excluding hydrogens is 1560 g/mol. The van der Waals surface area contributed by atoms with Crippen LogP contribution in [0, 0.1) is 27.7 Å². The molecule has 0 saturated carbocycles. The van der Waals surface area contributed by atoms with Crippen LogP contribution in [0.15, 0.2) is 189 Å². The monoisotopic (exact) mass is 1650 g/mol. The zero-order valence-electron chi connectivity index (χ0n) is 61.9. The van der Waals surface area contributed by atoms with Gasteiger partial charge in [-0.3, -0.25) is 31.6 Å². The van der Waals surface area contributed by atoms with Gasteiger partial charge in [0.15, 0.2) is 0 Å². The number of benzene rings is 8. The Morgan fingerprint density at radius 2 is 0.560 bits per heavy atom. The van der Waals surface area contributed by atoms with Crippen LogP contribution in [-0.4, -0.2) is 127 Å². The first-order chi connectivity index (χ1) is 49.8. The molecule has 0 amide bonds. The fourth-order valence-corrected chi connectivity index (χ4v) is 19.7. The lowest BCUT2D eigenvalue weighted by Crippen LogP contribution is -3.00. The van der Waals surface area contributed by atoms with Gasteiger partial charge >= 0.3 is 24.1 Å². The number of hydrogen-bond donors (Lipinski definition) is 7. The van der Waals surface area contributed by atoms with Crippen molar-refractivity contribution in [3.8, 4) is 0 Å². The van der Waals surface area contributed by atoms with Gasteiger partial charge in [0.2, 0.25) is 0 Å². The summed E-state index contributed by atoms with van der Waals surface area (Å²) in [5.41, 5.74) is 13.3. The second-order valence-corrected chi connectivity index (χ2v) is 34.0. The Morgan fingerprint density at radius 3 is 0.789 bits per heavy atom. The lowest BCUT2D eigenvalue weighted by molar-refractivity contribution is -0.687. The molecule has 24 nitrogen and oxygen atoms in total. The number of quaternary nitrogens is 4. The van der Waals surface area contributed by atoms with E-state index < -0.39 is 58.0 Å². The van der Waals surface area contributed by atoms with E-state index in [-0.39, 0.29) is 104 Å². The number of fused-ring (bicyclic) bond motifs is 8. The van der Waals surface area contributed by atoms with E-state index in [2.05, 4.69) is 22.9 Å². The number of nitrogens with zero attached hydrogens (tertiary/aromatic N) is 4. The van der Waals surface area contributed by atoms with Gasteiger partial charge in [0.05, 0.1) is 74.9 Å². The van der Waals surface area contributed by atoms with Gasteiger partial charge in [0.25, 0.3) is 40.1 Å². The number of para-hydroxylation sites is 4. The summed E-state index contributed by atoms with van der Waals surface area (Å²) in [6.45, 7) is 12.5. The van der Waals surface area contributed by atoms with Crippen molar-refractivity contribution in [1.82, 2.24) is 0 Å². The molecule has 8 aromatic rings. The molecule has 8 aromatic carbocycles. The first-order valence-corrected chi connectivity index (χ1v) is 40.3. The molecule has 0 bridgehead atoms. The van der Waals surface area contributed by atoms with Crippen LogP contribution in [0.2, 0.25) is 0 Å². The number of hydrogen-bond acceptors (Lipinski definition) is 13. The molecule has 11 N–H and O–H groups in total. The Morgan fingerprint density at radius 1 is 0.339 bits per heavy atom. The molecule has 0 spiro atoms. The summed E-state index contributed by atoms with van der Waals surface area (Å²) in [7, 11) is -8.10. The Bertz CT molecular complexity index is 4860. The van der Waals surface area contributed by atoms with Gasteiger partial charge in [-0.1, -0.05) is 128 Å². The predicted molar refractivity (Wildman–Crippen MR) is 398 cm³/mol. The highest BCUT2D eigenvalue weighted by molar-refractivity contribution is 7.93. The molecule has 0 fully saturated rings. The van der Waals surface area contributed by atoms with Crippen LogP contribution in [0.3, 0.4) is 0 Å². The first-order valence-electron chi connectivity index (χ1n) is 34.6. The molecule has 0 aliphatic carbocycles. The van der Waals surface area contributed by atoms with Crippen molar-refractivity contribution in [1.29, 1.82) is 0 Å². The van der Waals surface area contributed by atoms with Crippen molar-refractivity contribution in [2.45, 2.75) is 130 Å². The molecule has 4 heterocycles. The number of rotatable bonds is 19. The lowest BCUT2D eigenvalue weighted by atomic mass is 9.96. The van der Waals surface area contributed by atoms with Crippen molar-refractivity contribution < 1.29 is 144 Å². The highest BCUT2D eigenvalue weighted by Crippen LogP contribution is 2.43. The molecule has 0 aromatic heterocycles. The summed E-state index contributed by atoms with van der Waals surface area (Å²) in [5, 5.41) is 34.9. The smallest absolute Gasteiger partial charge is 0.373 e. The van der Waals surface area contributed by atoms with Crippen LogP contribution < -0.4 is 88.1 Å². The van der Waals surface area contributed by atoms with Crippen LogP contribution in [0.4, 0.5) is 22.7 Å². The minimum absolute atomic E-state index is 0. The number of aliphatic carboxylic acids is 3. The number of carboxylic acids is 3. The molecule has 4 aliphatic rings. The third kappa shape index (κ3) is 21.6. The molecule has 4 unspecified atom stereocenters. The van der Waals surface area contributed by atoms with Crippen molar-refractivity contribution in [2.75, 3.05) is 71.6 Å². The number of nitrogens with two attached hydrogens (primary N) is 4. The molecule has 32 heteroatoms. The number of halogens is 4. The molecule has 12 rings (SSSR count). The van der Waals surface area contributed by atoms with Crippen LogP contribution >= 0.6 is 0 Å². The SMILES string of the molecule is CCC[NH2+]C1c2ccccc2N(C)S(=O)(=O)c2cc(C)ccc21.Cc1ccc2c(c1)S(=O)(=O)N(C)c1ccccc1C2[NH2+]CCC(=O)O.Cc1ccc2c(c1)S(=O)(=O)N(C)c1ccccc1C2[NH2+]CCCCC(=O)O.Cc1ccc2c(c1)S(=O)(=O)N(C)c1ccccc1C2[NH2+]CCCCC(=O)O.O=C=O.[Cl-].[Cl-].[Cl-].[Cl-]. The number of aryl methyl sites for hydroxylation is 4. The maximum absolute atomic E-state index is 13.2. The van der Waals surface area contributed by atoms with Gasteiger partial charge in [-0.25, -0.2) is 33.7 Å².